The van der Waals surface area contributed by atoms with Crippen LogP contribution in [0.2, 0.25) is 0 Å². The number of nitrogens with zero attached hydrogens (tertiary/aromatic N) is 1. The standard InChI is InChI=1S/C18H26N2O/c1-13-9-15(3)16(10-14(13)2)17(21)20-8-6-18(12-20)5-4-7-19-11-18/h9-10,19H,4-8,11-12H2,1-3H3/t18-/m1/s1. The van der Waals surface area contributed by atoms with Crippen molar-refractivity contribution >= 4 is 5.91 Å². The molecular weight excluding hydrogens is 260 g/mol. The maximum atomic E-state index is 12.9. The van der Waals surface area contributed by atoms with Gasteiger partial charge < -0.3 is 10.2 Å². The molecule has 21 heavy (non-hydrogen) atoms. The molecule has 114 valence electrons. The van der Waals surface area contributed by atoms with Crippen LogP contribution in [-0.2, 0) is 0 Å². The van der Waals surface area contributed by atoms with Crippen molar-refractivity contribution < 1.29 is 4.79 Å². The highest BCUT2D eigenvalue weighted by atomic mass is 16.2. The lowest BCUT2D eigenvalue weighted by molar-refractivity contribution is 0.0763. The number of rotatable bonds is 1. The highest BCUT2D eigenvalue weighted by Gasteiger charge is 2.40. The molecule has 3 nitrogen and oxygen atoms in total. The minimum absolute atomic E-state index is 0.220. The smallest absolute Gasteiger partial charge is 0.254 e. The Labute approximate surface area is 127 Å². The molecule has 1 spiro atoms. The van der Waals surface area contributed by atoms with Crippen molar-refractivity contribution in [3.63, 3.8) is 0 Å². The van der Waals surface area contributed by atoms with Crippen LogP contribution >= 0.6 is 0 Å². The molecule has 1 atom stereocenters. The number of benzene rings is 1. The van der Waals surface area contributed by atoms with E-state index in [1.54, 1.807) is 0 Å². The molecule has 2 fully saturated rings. The van der Waals surface area contributed by atoms with Crippen LogP contribution < -0.4 is 5.32 Å². The van der Waals surface area contributed by atoms with Gasteiger partial charge in [-0.2, -0.15) is 0 Å². The molecule has 1 amide bonds. The van der Waals surface area contributed by atoms with Gasteiger partial charge >= 0.3 is 0 Å². The van der Waals surface area contributed by atoms with Crippen LogP contribution in [0.5, 0.6) is 0 Å². The Hall–Kier alpha value is -1.35. The summed E-state index contributed by atoms with van der Waals surface area (Å²) in [6.45, 7) is 10.3. The summed E-state index contributed by atoms with van der Waals surface area (Å²) in [7, 11) is 0. The fourth-order valence-electron chi connectivity index (χ4n) is 3.85. The van der Waals surface area contributed by atoms with E-state index in [0.29, 0.717) is 5.41 Å². The SMILES string of the molecule is Cc1cc(C)c(C(=O)N2CC[C@@]3(CCCNC3)C2)cc1C. The lowest BCUT2D eigenvalue weighted by atomic mass is 9.80. The number of aryl methyl sites for hydroxylation is 3. The minimum Gasteiger partial charge on any atom is -0.338 e. The minimum atomic E-state index is 0.220. The fraction of sp³-hybridized carbons (Fsp3) is 0.611. The van der Waals surface area contributed by atoms with E-state index in [4.69, 9.17) is 0 Å². The summed E-state index contributed by atoms with van der Waals surface area (Å²) in [5.74, 6) is 0.220. The van der Waals surface area contributed by atoms with Crippen LogP contribution in [0.1, 0.15) is 46.3 Å². The first kappa shape index (κ1) is 14.6. The zero-order chi connectivity index (χ0) is 15.0. The van der Waals surface area contributed by atoms with E-state index in [1.807, 2.05) is 6.92 Å². The molecule has 2 aliphatic heterocycles. The summed E-state index contributed by atoms with van der Waals surface area (Å²) < 4.78 is 0. The molecule has 0 aromatic heterocycles. The fourth-order valence-corrected chi connectivity index (χ4v) is 3.85. The van der Waals surface area contributed by atoms with Crippen molar-refractivity contribution in [3.8, 4) is 0 Å². The van der Waals surface area contributed by atoms with Crippen molar-refractivity contribution in [1.29, 1.82) is 0 Å². The number of carbonyl (C=O) groups is 1. The van der Waals surface area contributed by atoms with Crippen molar-refractivity contribution in [2.24, 2.45) is 5.41 Å². The predicted molar refractivity (Wildman–Crippen MR) is 85.7 cm³/mol. The maximum absolute atomic E-state index is 12.9. The van der Waals surface area contributed by atoms with Gasteiger partial charge in [-0.3, -0.25) is 4.79 Å². The van der Waals surface area contributed by atoms with E-state index < -0.39 is 0 Å². The summed E-state index contributed by atoms with van der Waals surface area (Å²) in [6, 6.07) is 4.20. The average molecular weight is 286 g/mol. The first-order valence-corrected chi connectivity index (χ1v) is 8.09. The summed E-state index contributed by atoms with van der Waals surface area (Å²) in [5, 5.41) is 3.51. The Bertz CT molecular complexity index is 559. The predicted octanol–water partition coefficient (Wildman–Crippen LogP) is 2.83. The van der Waals surface area contributed by atoms with Crippen molar-refractivity contribution in [3.05, 3.63) is 34.4 Å². The molecule has 2 saturated heterocycles. The van der Waals surface area contributed by atoms with E-state index in [1.165, 1.54) is 24.0 Å². The van der Waals surface area contributed by atoms with Gasteiger partial charge in [0.25, 0.3) is 5.91 Å². The second-order valence-corrected chi connectivity index (χ2v) is 7.01. The van der Waals surface area contributed by atoms with Gasteiger partial charge in [0.05, 0.1) is 0 Å². The van der Waals surface area contributed by atoms with Gasteiger partial charge in [-0.1, -0.05) is 6.07 Å². The number of hydrogen-bond acceptors (Lipinski definition) is 2. The van der Waals surface area contributed by atoms with Crippen LogP contribution in [0.4, 0.5) is 0 Å². The van der Waals surface area contributed by atoms with Gasteiger partial charge in [0.2, 0.25) is 0 Å². The molecule has 0 bridgehead atoms. The number of piperidine rings is 1. The Morgan fingerprint density at radius 2 is 1.90 bits per heavy atom. The summed E-state index contributed by atoms with van der Waals surface area (Å²) in [4.78, 5) is 14.9. The maximum Gasteiger partial charge on any atom is 0.254 e. The Morgan fingerprint density at radius 1 is 1.14 bits per heavy atom. The van der Waals surface area contributed by atoms with Crippen LogP contribution in [0.15, 0.2) is 12.1 Å². The monoisotopic (exact) mass is 286 g/mol. The zero-order valence-electron chi connectivity index (χ0n) is 13.5. The highest BCUT2D eigenvalue weighted by molar-refractivity contribution is 5.96. The number of hydrogen-bond donors (Lipinski definition) is 1. The Kier molecular flexibility index (Phi) is 3.78. The first-order valence-electron chi connectivity index (χ1n) is 8.09. The number of carbonyl (C=O) groups excluding carboxylic acids is 1. The van der Waals surface area contributed by atoms with E-state index in [-0.39, 0.29) is 5.91 Å². The van der Waals surface area contributed by atoms with E-state index in [0.717, 1.165) is 43.7 Å². The second-order valence-electron chi connectivity index (χ2n) is 7.01. The third kappa shape index (κ3) is 2.71. The first-order chi connectivity index (χ1) is 10.0. The molecule has 0 aliphatic carbocycles. The van der Waals surface area contributed by atoms with Gasteiger partial charge in [-0.05, 0) is 69.3 Å². The quantitative estimate of drug-likeness (QED) is 0.861. The van der Waals surface area contributed by atoms with Crippen LogP contribution in [0.25, 0.3) is 0 Å². The third-order valence-corrected chi connectivity index (χ3v) is 5.36. The lowest BCUT2D eigenvalue weighted by Gasteiger charge is -2.33. The molecule has 1 aromatic carbocycles. The van der Waals surface area contributed by atoms with Gasteiger partial charge in [-0.25, -0.2) is 0 Å². The second kappa shape index (κ2) is 5.45. The van der Waals surface area contributed by atoms with Gasteiger partial charge in [0, 0.05) is 30.6 Å². The molecule has 0 unspecified atom stereocenters. The number of likely N-dealkylation sites (tertiary alicyclic amines) is 1. The van der Waals surface area contributed by atoms with E-state index in [2.05, 4.69) is 36.2 Å². The molecule has 2 heterocycles. The topological polar surface area (TPSA) is 32.3 Å². The highest BCUT2D eigenvalue weighted by Crippen LogP contribution is 2.37. The molecule has 3 rings (SSSR count). The van der Waals surface area contributed by atoms with Crippen molar-refractivity contribution in [2.75, 3.05) is 26.2 Å². The summed E-state index contributed by atoms with van der Waals surface area (Å²) in [6.07, 6.45) is 3.65. The normalized spacial score (nSPS) is 25.6. The molecule has 2 aliphatic rings. The van der Waals surface area contributed by atoms with Gasteiger partial charge in [0.15, 0.2) is 0 Å². The molecular formula is C18H26N2O. The molecule has 1 N–H and O–H groups in total. The van der Waals surface area contributed by atoms with Crippen LogP contribution in [-0.4, -0.2) is 37.0 Å². The zero-order valence-corrected chi connectivity index (χ0v) is 13.5. The largest absolute Gasteiger partial charge is 0.338 e. The number of nitrogens with one attached hydrogen (secondary N) is 1. The molecule has 0 saturated carbocycles. The molecule has 1 aromatic rings. The summed E-state index contributed by atoms with van der Waals surface area (Å²) >= 11 is 0. The van der Waals surface area contributed by atoms with Gasteiger partial charge in [-0.15, -0.1) is 0 Å². The Morgan fingerprint density at radius 3 is 2.62 bits per heavy atom. The van der Waals surface area contributed by atoms with Crippen molar-refractivity contribution in [2.45, 2.75) is 40.0 Å². The average Bonchev–Trinajstić information content (AvgIpc) is 2.87. The Balaban J connectivity index is 1.79. The van der Waals surface area contributed by atoms with E-state index in [9.17, 15) is 4.79 Å². The molecule has 0 radical (unpaired) electrons. The van der Waals surface area contributed by atoms with Gasteiger partial charge in [0.1, 0.15) is 0 Å². The molecule has 3 heteroatoms. The van der Waals surface area contributed by atoms with Crippen molar-refractivity contribution in [1.82, 2.24) is 10.2 Å². The van der Waals surface area contributed by atoms with Crippen LogP contribution in [0.3, 0.4) is 0 Å². The lowest BCUT2D eigenvalue weighted by Crippen LogP contribution is -2.42. The third-order valence-electron chi connectivity index (χ3n) is 5.36. The summed E-state index contributed by atoms with van der Waals surface area (Å²) in [5.41, 5.74) is 4.79. The van der Waals surface area contributed by atoms with E-state index >= 15 is 0 Å². The van der Waals surface area contributed by atoms with Crippen LogP contribution in [0, 0.1) is 26.2 Å². The number of amides is 1.